The first-order valence-corrected chi connectivity index (χ1v) is 4.42. The molecular weight excluding hydrogens is 230 g/mol. The first-order chi connectivity index (χ1) is 7.91. The molecule has 0 bridgehead atoms. The van der Waals surface area contributed by atoms with Gasteiger partial charge < -0.3 is 15.5 Å². The molecule has 0 unspecified atom stereocenters. The van der Waals surface area contributed by atoms with Crippen LogP contribution in [0.3, 0.4) is 0 Å². The van der Waals surface area contributed by atoms with E-state index in [1.807, 2.05) is 0 Å². The molecular formula is C10H5NO6. The quantitative estimate of drug-likeness (QED) is 0.630. The minimum Gasteiger partial charge on any atom is -0.478 e. The van der Waals surface area contributed by atoms with Crippen LogP contribution in [0.15, 0.2) is 12.1 Å². The van der Waals surface area contributed by atoms with E-state index in [-0.39, 0.29) is 16.8 Å². The van der Waals surface area contributed by atoms with Crippen molar-refractivity contribution in [3.8, 4) is 0 Å². The Bertz CT molecular complexity index is 589. The minimum absolute atomic E-state index is 0.0858. The zero-order valence-corrected chi connectivity index (χ0v) is 8.18. The highest BCUT2D eigenvalue weighted by Gasteiger charge is 2.33. The number of Topliss-reactive ketones (excluding diaryl/α,β-unsaturated/α-hetero) is 1. The van der Waals surface area contributed by atoms with E-state index in [4.69, 9.17) is 10.2 Å². The zero-order valence-electron chi connectivity index (χ0n) is 8.18. The van der Waals surface area contributed by atoms with Gasteiger partial charge in [0.15, 0.2) is 0 Å². The molecule has 1 amide bonds. The molecule has 1 aromatic rings. The fraction of sp³-hybridized carbons (Fsp3) is 0. The summed E-state index contributed by atoms with van der Waals surface area (Å²) in [6, 6.07) is 1.90. The Morgan fingerprint density at radius 3 is 2.24 bits per heavy atom. The van der Waals surface area contributed by atoms with Gasteiger partial charge in [-0.3, -0.25) is 9.59 Å². The van der Waals surface area contributed by atoms with Gasteiger partial charge in [0.1, 0.15) is 0 Å². The van der Waals surface area contributed by atoms with Crippen LogP contribution >= 0.6 is 0 Å². The lowest BCUT2D eigenvalue weighted by molar-refractivity contribution is -0.112. The van der Waals surface area contributed by atoms with Gasteiger partial charge in [0.05, 0.1) is 22.4 Å². The molecule has 1 aromatic carbocycles. The fourth-order valence-corrected chi connectivity index (χ4v) is 1.57. The van der Waals surface area contributed by atoms with Crippen molar-refractivity contribution in [2.75, 3.05) is 5.32 Å². The first-order valence-electron chi connectivity index (χ1n) is 4.42. The maximum atomic E-state index is 11.4. The number of aromatic carboxylic acids is 2. The lowest BCUT2D eigenvalue weighted by atomic mass is 10.0. The number of anilines is 1. The Balaban J connectivity index is 2.75. The Morgan fingerprint density at radius 1 is 1.06 bits per heavy atom. The van der Waals surface area contributed by atoms with Crippen LogP contribution in [-0.2, 0) is 4.79 Å². The van der Waals surface area contributed by atoms with Crippen LogP contribution in [0, 0.1) is 0 Å². The van der Waals surface area contributed by atoms with Gasteiger partial charge in [-0.15, -0.1) is 0 Å². The first kappa shape index (κ1) is 10.8. The number of hydrogen-bond donors (Lipinski definition) is 3. The standard InChI is InChI=1S/C10H5NO6/c12-7-6-4(10(16)17)1-3(9(14)15)2-5(6)11-8(7)13/h1-2H,(H,14,15)(H,16,17)(H,11,12,13). The monoisotopic (exact) mass is 235 g/mol. The van der Waals surface area contributed by atoms with Gasteiger partial charge in [-0.25, -0.2) is 9.59 Å². The molecule has 17 heavy (non-hydrogen) atoms. The summed E-state index contributed by atoms with van der Waals surface area (Å²) >= 11 is 0. The second-order valence-electron chi connectivity index (χ2n) is 3.34. The predicted octanol–water partition coefficient (Wildman–Crippen LogP) is 0.218. The largest absolute Gasteiger partial charge is 0.478 e. The summed E-state index contributed by atoms with van der Waals surface area (Å²) in [6.45, 7) is 0. The maximum absolute atomic E-state index is 11.4. The highest BCUT2D eigenvalue weighted by molar-refractivity contribution is 6.52. The number of rotatable bonds is 2. The molecule has 1 aliphatic heterocycles. The third kappa shape index (κ3) is 1.53. The fourth-order valence-electron chi connectivity index (χ4n) is 1.57. The van der Waals surface area contributed by atoms with Crippen molar-refractivity contribution in [2.24, 2.45) is 0 Å². The van der Waals surface area contributed by atoms with Crippen LogP contribution in [0.25, 0.3) is 0 Å². The Hall–Kier alpha value is -2.70. The van der Waals surface area contributed by atoms with Crippen LogP contribution in [0.5, 0.6) is 0 Å². The number of carboxylic acids is 2. The topological polar surface area (TPSA) is 121 Å². The summed E-state index contributed by atoms with van der Waals surface area (Å²) < 4.78 is 0. The highest BCUT2D eigenvalue weighted by Crippen LogP contribution is 2.28. The molecule has 0 saturated heterocycles. The third-order valence-electron chi connectivity index (χ3n) is 2.30. The normalized spacial score (nSPS) is 13.2. The van der Waals surface area contributed by atoms with Gasteiger partial charge in [0, 0.05) is 0 Å². The van der Waals surface area contributed by atoms with Crippen molar-refractivity contribution in [2.45, 2.75) is 0 Å². The van der Waals surface area contributed by atoms with Crippen molar-refractivity contribution < 1.29 is 29.4 Å². The number of carbonyl (C=O) groups is 4. The molecule has 1 aliphatic rings. The SMILES string of the molecule is O=C1Nc2cc(C(=O)O)cc(C(=O)O)c2C1=O. The van der Waals surface area contributed by atoms with Gasteiger partial charge >= 0.3 is 11.9 Å². The van der Waals surface area contributed by atoms with Gasteiger partial charge in [-0.1, -0.05) is 0 Å². The lowest BCUT2D eigenvalue weighted by Gasteiger charge is -2.03. The maximum Gasteiger partial charge on any atom is 0.336 e. The average molecular weight is 235 g/mol. The lowest BCUT2D eigenvalue weighted by Crippen LogP contribution is -2.14. The Morgan fingerprint density at radius 2 is 1.71 bits per heavy atom. The van der Waals surface area contributed by atoms with E-state index < -0.39 is 29.2 Å². The third-order valence-corrected chi connectivity index (χ3v) is 2.30. The van der Waals surface area contributed by atoms with Gasteiger partial charge in [0.25, 0.3) is 11.7 Å². The molecule has 7 heteroatoms. The molecule has 86 valence electrons. The van der Waals surface area contributed by atoms with Crippen LogP contribution in [0.2, 0.25) is 0 Å². The van der Waals surface area contributed by atoms with E-state index in [2.05, 4.69) is 5.32 Å². The summed E-state index contributed by atoms with van der Waals surface area (Å²) in [7, 11) is 0. The second-order valence-corrected chi connectivity index (χ2v) is 3.34. The van der Waals surface area contributed by atoms with E-state index >= 15 is 0 Å². The van der Waals surface area contributed by atoms with Crippen molar-refractivity contribution in [1.29, 1.82) is 0 Å². The molecule has 0 radical (unpaired) electrons. The number of fused-ring (bicyclic) bond motifs is 1. The molecule has 0 aromatic heterocycles. The number of amides is 1. The molecule has 7 nitrogen and oxygen atoms in total. The van der Waals surface area contributed by atoms with Crippen molar-refractivity contribution >= 4 is 29.3 Å². The van der Waals surface area contributed by atoms with E-state index in [0.717, 1.165) is 12.1 Å². The summed E-state index contributed by atoms with van der Waals surface area (Å²) in [5.74, 6) is -4.75. The molecule has 0 atom stereocenters. The average Bonchev–Trinajstić information content (AvgIpc) is 2.53. The van der Waals surface area contributed by atoms with Crippen molar-refractivity contribution in [3.63, 3.8) is 0 Å². The Labute approximate surface area is 93.7 Å². The van der Waals surface area contributed by atoms with Gasteiger partial charge in [0.2, 0.25) is 0 Å². The minimum atomic E-state index is -1.46. The van der Waals surface area contributed by atoms with Gasteiger partial charge in [-0.2, -0.15) is 0 Å². The van der Waals surface area contributed by atoms with Crippen molar-refractivity contribution in [1.82, 2.24) is 0 Å². The molecule has 0 aliphatic carbocycles. The zero-order chi connectivity index (χ0) is 12.7. The van der Waals surface area contributed by atoms with Crippen molar-refractivity contribution in [3.05, 3.63) is 28.8 Å². The number of ketones is 1. The highest BCUT2D eigenvalue weighted by atomic mass is 16.4. The van der Waals surface area contributed by atoms with Gasteiger partial charge in [-0.05, 0) is 12.1 Å². The summed E-state index contributed by atoms with van der Waals surface area (Å²) in [6.07, 6.45) is 0. The van der Waals surface area contributed by atoms with E-state index in [0.29, 0.717) is 0 Å². The van der Waals surface area contributed by atoms with Crippen LogP contribution in [0.1, 0.15) is 31.1 Å². The van der Waals surface area contributed by atoms with E-state index in [1.165, 1.54) is 0 Å². The van der Waals surface area contributed by atoms with E-state index in [1.54, 1.807) is 0 Å². The molecule has 0 saturated carbocycles. The summed E-state index contributed by atoms with van der Waals surface area (Å²) in [4.78, 5) is 44.1. The number of carboxylic acid groups (broad SMARTS) is 2. The predicted molar refractivity (Wildman–Crippen MR) is 53.3 cm³/mol. The molecule has 3 N–H and O–H groups in total. The molecule has 0 spiro atoms. The number of nitrogens with one attached hydrogen (secondary N) is 1. The van der Waals surface area contributed by atoms with Crippen LogP contribution in [0.4, 0.5) is 5.69 Å². The number of benzene rings is 1. The van der Waals surface area contributed by atoms with Crippen LogP contribution < -0.4 is 5.32 Å². The smallest absolute Gasteiger partial charge is 0.336 e. The summed E-state index contributed by atoms with van der Waals surface area (Å²) in [5, 5.41) is 19.8. The molecule has 0 fully saturated rings. The molecule has 1 heterocycles. The Kier molecular flexibility index (Phi) is 2.17. The van der Waals surface area contributed by atoms with Crippen LogP contribution in [-0.4, -0.2) is 33.8 Å². The summed E-state index contributed by atoms with van der Waals surface area (Å²) in [5.41, 5.74) is -1.19. The van der Waals surface area contributed by atoms with E-state index in [9.17, 15) is 19.2 Å². The number of carbonyl (C=O) groups excluding carboxylic acids is 2. The number of hydrogen-bond acceptors (Lipinski definition) is 4. The second kappa shape index (κ2) is 3.41. The molecule has 2 rings (SSSR count).